The van der Waals surface area contributed by atoms with Gasteiger partial charge in [-0.2, -0.15) is 0 Å². The number of fused-ring (bicyclic) bond motifs is 1. The Hall–Kier alpha value is -1.02. The number of rotatable bonds is 3. The molecule has 0 radical (unpaired) electrons. The minimum Gasteiger partial charge on any atom is -0.368 e. The third kappa shape index (κ3) is 2.46. The van der Waals surface area contributed by atoms with E-state index in [9.17, 15) is 0 Å². The van der Waals surface area contributed by atoms with Crippen molar-refractivity contribution in [3.63, 3.8) is 0 Å². The van der Waals surface area contributed by atoms with Crippen LogP contribution >= 0.6 is 0 Å². The van der Waals surface area contributed by atoms with Gasteiger partial charge in [0.05, 0.1) is 0 Å². The van der Waals surface area contributed by atoms with E-state index in [1.54, 1.807) is 0 Å². The summed E-state index contributed by atoms with van der Waals surface area (Å²) in [5.74, 6) is 0.892. The first-order valence-corrected chi connectivity index (χ1v) is 8.38. The Labute approximate surface area is 123 Å². The van der Waals surface area contributed by atoms with Gasteiger partial charge in [-0.3, -0.25) is 0 Å². The van der Waals surface area contributed by atoms with Crippen LogP contribution in [-0.4, -0.2) is 19.6 Å². The van der Waals surface area contributed by atoms with Gasteiger partial charge < -0.3 is 10.2 Å². The molecule has 3 atom stereocenters. The summed E-state index contributed by atoms with van der Waals surface area (Å²) in [5, 5.41) is 3.48. The molecule has 3 rings (SSSR count). The van der Waals surface area contributed by atoms with Crippen LogP contribution in [0.1, 0.15) is 57.1 Å². The highest BCUT2D eigenvalue weighted by molar-refractivity contribution is 5.58. The molecule has 1 aliphatic heterocycles. The van der Waals surface area contributed by atoms with Crippen LogP contribution in [0.4, 0.5) is 5.69 Å². The average molecular weight is 272 g/mol. The Balaban J connectivity index is 1.90. The maximum atomic E-state index is 3.48. The van der Waals surface area contributed by atoms with Crippen molar-refractivity contribution in [1.82, 2.24) is 5.32 Å². The number of hydrogen-bond donors (Lipinski definition) is 1. The van der Waals surface area contributed by atoms with Gasteiger partial charge in [-0.25, -0.2) is 0 Å². The standard InChI is InChI=1S/C18H28N2/c1-3-14-8-4-6-10-17(14)20-13-12-16(19-2)15-9-5-7-11-18(15)20/h5,7,9,11,14,16-17,19H,3-4,6,8,10,12-13H2,1-2H3. The lowest BCUT2D eigenvalue weighted by Crippen LogP contribution is -2.46. The summed E-state index contributed by atoms with van der Waals surface area (Å²) in [4.78, 5) is 2.73. The predicted molar refractivity (Wildman–Crippen MR) is 86.2 cm³/mol. The Morgan fingerprint density at radius 2 is 1.95 bits per heavy atom. The summed E-state index contributed by atoms with van der Waals surface area (Å²) in [6, 6.07) is 10.3. The Kier molecular flexibility index (Phi) is 4.30. The van der Waals surface area contributed by atoms with Gasteiger partial charge in [-0.15, -0.1) is 0 Å². The second-order valence-electron chi connectivity index (χ2n) is 6.40. The van der Waals surface area contributed by atoms with Crippen molar-refractivity contribution in [3.8, 4) is 0 Å². The summed E-state index contributed by atoms with van der Waals surface area (Å²) >= 11 is 0. The number of nitrogens with zero attached hydrogens (tertiary/aromatic N) is 1. The lowest BCUT2D eigenvalue weighted by Gasteiger charge is -2.45. The summed E-state index contributed by atoms with van der Waals surface area (Å²) in [6.07, 6.45) is 8.23. The fourth-order valence-corrected chi connectivity index (χ4v) is 4.31. The molecule has 1 aromatic rings. The van der Waals surface area contributed by atoms with E-state index >= 15 is 0 Å². The normalized spacial score (nSPS) is 30.1. The molecule has 1 fully saturated rings. The van der Waals surface area contributed by atoms with Crippen LogP contribution in [-0.2, 0) is 0 Å². The molecule has 2 nitrogen and oxygen atoms in total. The van der Waals surface area contributed by atoms with Gasteiger partial charge in [-0.1, -0.05) is 44.4 Å². The van der Waals surface area contributed by atoms with Crippen LogP contribution in [0.25, 0.3) is 0 Å². The quantitative estimate of drug-likeness (QED) is 0.890. The molecule has 0 aromatic heterocycles. The zero-order chi connectivity index (χ0) is 13.9. The Bertz CT molecular complexity index is 443. The maximum absolute atomic E-state index is 3.48. The van der Waals surface area contributed by atoms with Crippen molar-refractivity contribution in [2.45, 2.75) is 57.5 Å². The van der Waals surface area contributed by atoms with E-state index in [2.05, 4.69) is 48.5 Å². The summed E-state index contributed by atoms with van der Waals surface area (Å²) in [6.45, 7) is 3.58. The largest absolute Gasteiger partial charge is 0.368 e. The van der Waals surface area contributed by atoms with Crippen molar-refractivity contribution < 1.29 is 0 Å². The molecular weight excluding hydrogens is 244 g/mol. The molecular formula is C18H28N2. The number of nitrogens with one attached hydrogen (secondary N) is 1. The van der Waals surface area contributed by atoms with E-state index in [0.29, 0.717) is 6.04 Å². The molecule has 1 aliphatic carbocycles. The molecule has 0 spiro atoms. The molecule has 2 heteroatoms. The van der Waals surface area contributed by atoms with Gasteiger partial charge in [0.2, 0.25) is 0 Å². The zero-order valence-electron chi connectivity index (χ0n) is 12.9. The Morgan fingerprint density at radius 3 is 2.75 bits per heavy atom. The lowest BCUT2D eigenvalue weighted by atomic mass is 9.80. The topological polar surface area (TPSA) is 15.3 Å². The third-order valence-corrected chi connectivity index (χ3v) is 5.42. The van der Waals surface area contributed by atoms with Crippen molar-refractivity contribution in [1.29, 1.82) is 0 Å². The average Bonchev–Trinajstić information content (AvgIpc) is 2.53. The van der Waals surface area contributed by atoms with Gasteiger partial charge in [0.15, 0.2) is 0 Å². The van der Waals surface area contributed by atoms with E-state index in [4.69, 9.17) is 0 Å². The summed E-state index contributed by atoms with van der Waals surface area (Å²) in [5.41, 5.74) is 2.99. The lowest BCUT2D eigenvalue weighted by molar-refractivity contribution is 0.278. The molecule has 0 bridgehead atoms. The first-order valence-electron chi connectivity index (χ1n) is 8.38. The van der Waals surface area contributed by atoms with Crippen LogP contribution in [0.5, 0.6) is 0 Å². The van der Waals surface area contributed by atoms with Gasteiger partial charge in [0.25, 0.3) is 0 Å². The van der Waals surface area contributed by atoms with Crippen LogP contribution in [0.15, 0.2) is 24.3 Å². The minimum atomic E-state index is 0.533. The van der Waals surface area contributed by atoms with Crippen molar-refractivity contribution in [2.75, 3.05) is 18.5 Å². The SMILES string of the molecule is CCC1CCCCC1N1CCC(NC)c2ccccc21. The fraction of sp³-hybridized carbons (Fsp3) is 0.667. The van der Waals surface area contributed by atoms with Crippen LogP contribution in [0, 0.1) is 5.92 Å². The molecule has 20 heavy (non-hydrogen) atoms. The maximum Gasteiger partial charge on any atom is 0.0417 e. The van der Waals surface area contributed by atoms with Crippen molar-refractivity contribution in [2.24, 2.45) is 5.92 Å². The predicted octanol–water partition coefficient (Wildman–Crippen LogP) is 4.13. The molecule has 0 amide bonds. The van der Waals surface area contributed by atoms with E-state index in [0.717, 1.165) is 12.0 Å². The smallest absolute Gasteiger partial charge is 0.0417 e. The summed E-state index contributed by atoms with van der Waals surface area (Å²) in [7, 11) is 2.09. The third-order valence-electron chi connectivity index (χ3n) is 5.42. The monoisotopic (exact) mass is 272 g/mol. The summed E-state index contributed by atoms with van der Waals surface area (Å²) < 4.78 is 0. The number of para-hydroxylation sites is 1. The van der Waals surface area contributed by atoms with Crippen LogP contribution in [0.2, 0.25) is 0 Å². The molecule has 1 aromatic carbocycles. The van der Waals surface area contributed by atoms with Gasteiger partial charge in [0, 0.05) is 24.3 Å². The Morgan fingerprint density at radius 1 is 1.15 bits per heavy atom. The zero-order valence-corrected chi connectivity index (χ0v) is 12.9. The highest BCUT2D eigenvalue weighted by atomic mass is 15.2. The van der Waals surface area contributed by atoms with E-state index in [-0.39, 0.29) is 0 Å². The van der Waals surface area contributed by atoms with Crippen LogP contribution < -0.4 is 10.2 Å². The van der Waals surface area contributed by atoms with Crippen molar-refractivity contribution in [3.05, 3.63) is 29.8 Å². The van der Waals surface area contributed by atoms with Crippen LogP contribution in [0.3, 0.4) is 0 Å². The van der Waals surface area contributed by atoms with E-state index in [1.807, 2.05) is 0 Å². The molecule has 110 valence electrons. The van der Waals surface area contributed by atoms with Gasteiger partial charge >= 0.3 is 0 Å². The number of benzene rings is 1. The highest BCUT2D eigenvalue weighted by Gasteiger charge is 2.33. The molecule has 0 saturated heterocycles. The highest BCUT2D eigenvalue weighted by Crippen LogP contribution is 2.39. The minimum absolute atomic E-state index is 0.533. The van der Waals surface area contributed by atoms with Crippen molar-refractivity contribution >= 4 is 5.69 Å². The van der Waals surface area contributed by atoms with E-state index in [1.165, 1.54) is 56.3 Å². The second-order valence-corrected chi connectivity index (χ2v) is 6.40. The molecule has 2 aliphatic rings. The fourth-order valence-electron chi connectivity index (χ4n) is 4.31. The van der Waals surface area contributed by atoms with E-state index < -0.39 is 0 Å². The number of anilines is 1. The molecule has 1 heterocycles. The molecule has 3 unspecified atom stereocenters. The van der Waals surface area contributed by atoms with Gasteiger partial charge in [0.1, 0.15) is 0 Å². The first-order chi connectivity index (χ1) is 9.85. The van der Waals surface area contributed by atoms with Gasteiger partial charge in [-0.05, 0) is 43.9 Å². The second kappa shape index (κ2) is 6.17. The molecule has 1 N–H and O–H groups in total. The molecule has 1 saturated carbocycles. The first kappa shape index (κ1) is 13.9. The number of hydrogen-bond acceptors (Lipinski definition) is 2.